The molecule has 1 aromatic carbocycles. The van der Waals surface area contributed by atoms with Crippen LogP contribution in [-0.2, 0) is 6.61 Å². The molecule has 0 heterocycles. The largest absolute Gasteiger partial charge is 0.507 e. The summed E-state index contributed by atoms with van der Waals surface area (Å²) in [4.78, 5) is 0. The first-order valence-corrected chi connectivity index (χ1v) is 4.03. The zero-order valence-electron chi connectivity index (χ0n) is 6.13. The molecule has 2 nitrogen and oxygen atoms in total. The van der Waals surface area contributed by atoms with E-state index in [1.807, 2.05) is 13.0 Å². The number of halogens is 1. The number of phenols is 1. The number of aliphatic hydroxyl groups excluding tert-OH is 1. The Balaban J connectivity index is 3.21. The Morgan fingerprint density at radius 1 is 1.45 bits per heavy atom. The monoisotopic (exact) mass is 216 g/mol. The lowest BCUT2D eigenvalue weighted by molar-refractivity contribution is 0.281. The molecule has 2 N–H and O–H groups in total. The highest BCUT2D eigenvalue weighted by Gasteiger charge is 2.02. The zero-order valence-corrected chi connectivity index (χ0v) is 7.72. The summed E-state index contributed by atoms with van der Waals surface area (Å²) in [6, 6.07) is 3.36. The van der Waals surface area contributed by atoms with E-state index in [0.29, 0.717) is 4.47 Å². The van der Waals surface area contributed by atoms with Crippen LogP contribution in [0.5, 0.6) is 5.75 Å². The Morgan fingerprint density at radius 3 is 2.55 bits per heavy atom. The minimum Gasteiger partial charge on any atom is -0.507 e. The van der Waals surface area contributed by atoms with Crippen LogP contribution in [0.3, 0.4) is 0 Å². The van der Waals surface area contributed by atoms with Gasteiger partial charge >= 0.3 is 0 Å². The molecule has 0 amide bonds. The molecule has 0 fully saturated rings. The molecular formula is C8H9BrO2. The summed E-state index contributed by atoms with van der Waals surface area (Å²) in [5.74, 6) is 0.175. The SMILES string of the molecule is Cc1cc(CO)cc(O)c1Br. The lowest BCUT2D eigenvalue weighted by Gasteiger charge is -2.03. The highest BCUT2D eigenvalue weighted by atomic mass is 79.9. The Kier molecular flexibility index (Phi) is 2.52. The number of aromatic hydroxyl groups is 1. The van der Waals surface area contributed by atoms with Crippen molar-refractivity contribution in [3.63, 3.8) is 0 Å². The van der Waals surface area contributed by atoms with Gasteiger partial charge in [0.05, 0.1) is 11.1 Å². The van der Waals surface area contributed by atoms with Crippen molar-refractivity contribution in [2.75, 3.05) is 0 Å². The molecular weight excluding hydrogens is 208 g/mol. The molecule has 0 radical (unpaired) electrons. The second-order valence-electron chi connectivity index (χ2n) is 2.40. The van der Waals surface area contributed by atoms with Gasteiger partial charge in [-0.1, -0.05) is 6.07 Å². The quantitative estimate of drug-likeness (QED) is 0.754. The normalized spacial score (nSPS) is 10.1. The van der Waals surface area contributed by atoms with Crippen molar-refractivity contribution >= 4 is 15.9 Å². The summed E-state index contributed by atoms with van der Waals surface area (Å²) in [6.07, 6.45) is 0. The number of phenolic OH excluding ortho intramolecular Hbond substituents is 1. The van der Waals surface area contributed by atoms with Crippen molar-refractivity contribution in [3.8, 4) is 5.75 Å². The number of hydrogen-bond donors (Lipinski definition) is 2. The van der Waals surface area contributed by atoms with E-state index < -0.39 is 0 Å². The lowest BCUT2D eigenvalue weighted by atomic mass is 10.1. The lowest BCUT2D eigenvalue weighted by Crippen LogP contribution is -1.85. The molecule has 0 saturated carbocycles. The predicted molar refractivity (Wildman–Crippen MR) is 46.5 cm³/mol. The number of aryl methyl sites for hydroxylation is 1. The molecule has 1 rings (SSSR count). The van der Waals surface area contributed by atoms with Crippen molar-refractivity contribution in [2.24, 2.45) is 0 Å². The molecule has 0 aliphatic rings. The van der Waals surface area contributed by atoms with Gasteiger partial charge in [0.15, 0.2) is 0 Å². The Morgan fingerprint density at radius 2 is 2.09 bits per heavy atom. The van der Waals surface area contributed by atoms with Gasteiger partial charge in [-0.15, -0.1) is 0 Å². The van der Waals surface area contributed by atoms with Gasteiger partial charge in [-0.2, -0.15) is 0 Å². The molecule has 0 saturated heterocycles. The molecule has 0 atom stereocenters. The Hall–Kier alpha value is -0.540. The number of benzene rings is 1. The van der Waals surface area contributed by atoms with Gasteiger partial charge in [-0.05, 0) is 40.0 Å². The van der Waals surface area contributed by atoms with Crippen LogP contribution in [0.15, 0.2) is 16.6 Å². The first-order valence-electron chi connectivity index (χ1n) is 3.24. The molecule has 3 heteroatoms. The molecule has 0 aliphatic heterocycles. The van der Waals surface area contributed by atoms with E-state index in [4.69, 9.17) is 5.11 Å². The molecule has 60 valence electrons. The fourth-order valence-electron chi connectivity index (χ4n) is 0.915. The maximum atomic E-state index is 9.25. The van der Waals surface area contributed by atoms with Crippen LogP contribution in [0.25, 0.3) is 0 Å². The van der Waals surface area contributed by atoms with E-state index in [9.17, 15) is 5.11 Å². The van der Waals surface area contributed by atoms with Crippen molar-refractivity contribution in [2.45, 2.75) is 13.5 Å². The molecule has 0 aromatic heterocycles. The molecule has 0 unspecified atom stereocenters. The minimum absolute atomic E-state index is 0.0400. The third kappa shape index (κ3) is 1.73. The van der Waals surface area contributed by atoms with E-state index in [2.05, 4.69) is 15.9 Å². The molecule has 0 aliphatic carbocycles. The smallest absolute Gasteiger partial charge is 0.130 e. The van der Waals surface area contributed by atoms with Gasteiger partial charge in [0.1, 0.15) is 5.75 Å². The number of hydrogen-bond acceptors (Lipinski definition) is 2. The summed E-state index contributed by atoms with van der Waals surface area (Å²) in [7, 11) is 0. The first kappa shape index (κ1) is 8.56. The maximum Gasteiger partial charge on any atom is 0.130 e. The van der Waals surface area contributed by atoms with Gasteiger partial charge in [-0.3, -0.25) is 0 Å². The minimum atomic E-state index is -0.0400. The van der Waals surface area contributed by atoms with Gasteiger partial charge in [-0.25, -0.2) is 0 Å². The fourth-order valence-corrected chi connectivity index (χ4v) is 1.14. The molecule has 0 bridgehead atoms. The van der Waals surface area contributed by atoms with Crippen LogP contribution >= 0.6 is 15.9 Å². The van der Waals surface area contributed by atoms with E-state index in [1.54, 1.807) is 0 Å². The van der Waals surface area contributed by atoms with Gasteiger partial charge in [0.25, 0.3) is 0 Å². The Labute approximate surface area is 73.6 Å². The topological polar surface area (TPSA) is 40.5 Å². The highest BCUT2D eigenvalue weighted by Crippen LogP contribution is 2.28. The second-order valence-corrected chi connectivity index (χ2v) is 3.20. The third-order valence-corrected chi connectivity index (χ3v) is 2.51. The van der Waals surface area contributed by atoms with Crippen molar-refractivity contribution in [3.05, 3.63) is 27.7 Å². The predicted octanol–water partition coefficient (Wildman–Crippen LogP) is 1.96. The van der Waals surface area contributed by atoms with Crippen LogP contribution in [0.2, 0.25) is 0 Å². The van der Waals surface area contributed by atoms with Crippen LogP contribution < -0.4 is 0 Å². The fraction of sp³-hybridized carbons (Fsp3) is 0.250. The van der Waals surface area contributed by atoms with Gasteiger partial charge in [0, 0.05) is 0 Å². The first-order chi connectivity index (χ1) is 5.15. The van der Waals surface area contributed by atoms with E-state index >= 15 is 0 Å². The number of aliphatic hydroxyl groups is 1. The van der Waals surface area contributed by atoms with Crippen LogP contribution in [0, 0.1) is 6.92 Å². The molecule has 0 spiro atoms. The summed E-state index contributed by atoms with van der Waals surface area (Å²) in [5.41, 5.74) is 1.65. The molecule has 1 aromatic rings. The molecule has 11 heavy (non-hydrogen) atoms. The standard InChI is InChI=1S/C8H9BrO2/c1-5-2-6(4-10)3-7(11)8(5)9/h2-3,10-11H,4H2,1H3. The third-order valence-electron chi connectivity index (χ3n) is 1.48. The maximum absolute atomic E-state index is 9.25. The second kappa shape index (κ2) is 3.24. The van der Waals surface area contributed by atoms with Gasteiger partial charge < -0.3 is 10.2 Å². The van der Waals surface area contributed by atoms with Crippen molar-refractivity contribution in [1.82, 2.24) is 0 Å². The van der Waals surface area contributed by atoms with E-state index in [-0.39, 0.29) is 12.4 Å². The summed E-state index contributed by atoms with van der Waals surface area (Å²) in [5, 5.41) is 18.0. The summed E-state index contributed by atoms with van der Waals surface area (Å²) in [6.45, 7) is 1.82. The van der Waals surface area contributed by atoms with Crippen LogP contribution in [-0.4, -0.2) is 10.2 Å². The van der Waals surface area contributed by atoms with Crippen molar-refractivity contribution in [1.29, 1.82) is 0 Å². The highest BCUT2D eigenvalue weighted by molar-refractivity contribution is 9.10. The van der Waals surface area contributed by atoms with E-state index in [0.717, 1.165) is 11.1 Å². The van der Waals surface area contributed by atoms with E-state index in [1.165, 1.54) is 6.07 Å². The van der Waals surface area contributed by atoms with Crippen molar-refractivity contribution < 1.29 is 10.2 Å². The summed E-state index contributed by atoms with van der Waals surface area (Å²) < 4.78 is 0.690. The summed E-state index contributed by atoms with van der Waals surface area (Å²) >= 11 is 3.21. The van der Waals surface area contributed by atoms with Crippen LogP contribution in [0.1, 0.15) is 11.1 Å². The number of rotatable bonds is 1. The average molecular weight is 217 g/mol. The van der Waals surface area contributed by atoms with Gasteiger partial charge in [0.2, 0.25) is 0 Å². The van der Waals surface area contributed by atoms with Crippen LogP contribution in [0.4, 0.5) is 0 Å². The Bertz CT molecular complexity index is 248. The zero-order chi connectivity index (χ0) is 8.43. The average Bonchev–Trinajstić information content (AvgIpc) is 1.99.